The summed E-state index contributed by atoms with van der Waals surface area (Å²) in [6, 6.07) is 0. The molecule has 10 heavy (non-hydrogen) atoms. The van der Waals surface area contributed by atoms with Gasteiger partial charge in [-0.1, -0.05) is 0 Å². The molecule has 1 rings (SSSR count). The maximum absolute atomic E-state index is 8.52. The van der Waals surface area contributed by atoms with Crippen molar-refractivity contribution in [2.24, 2.45) is 0 Å². The van der Waals surface area contributed by atoms with Gasteiger partial charge in [-0.25, -0.2) is 0 Å². The molecule has 0 amide bonds. The minimum Gasteiger partial charge on any atom is -0.376 e. The van der Waals surface area contributed by atoms with Gasteiger partial charge in [0.15, 0.2) is 6.29 Å². The van der Waals surface area contributed by atoms with Crippen molar-refractivity contribution in [1.82, 2.24) is 0 Å². The summed E-state index contributed by atoms with van der Waals surface area (Å²) >= 11 is 0. The van der Waals surface area contributed by atoms with Crippen LogP contribution in [0.3, 0.4) is 0 Å². The Morgan fingerprint density at radius 3 is 2.70 bits per heavy atom. The highest BCUT2D eigenvalue weighted by atomic mass is 16.6. The summed E-state index contributed by atoms with van der Waals surface area (Å²) in [5.74, 6) is 0. The Labute approximate surface area is 59.4 Å². The van der Waals surface area contributed by atoms with Gasteiger partial charge >= 0.3 is 0 Å². The molecule has 1 aliphatic rings. The average molecular weight is 148 g/mol. The van der Waals surface area contributed by atoms with Crippen molar-refractivity contribution in [3.8, 4) is 0 Å². The van der Waals surface area contributed by atoms with Crippen molar-refractivity contribution in [3.63, 3.8) is 0 Å². The van der Waals surface area contributed by atoms with E-state index in [0.29, 0.717) is 19.8 Å². The van der Waals surface area contributed by atoms with Gasteiger partial charge in [0.05, 0.1) is 25.9 Å². The van der Waals surface area contributed by atoms with E-state index in [2.05, 4.69) is 0 Å². The van der Waals surface area contributed by atoms with Gasteiger partial charge in [-0.05, 0) is 0 Å². The van der Waals surface area contributed by atoms with Crippen molar-refractivity contribution in [1.29, 1.82) is 0 Å². The summed E-state index contributed by atoms with van der Waals surface area (Å²) in [6.07, 6.45) is -1.19. The molecular weight excluding hydrogens is 136 g/mol. The van der Waals surface area contributed by atoms with Gasteiger partial charge < -0.3 is 19.7 Å². The lowest BCUT2D eigenvalue weighted by Crippen LogP contribution is -2.31. The zero-order valence-electron chi connectivity index (χ0n) is 5.69. The van der Waals surface area contributed by atoms with Crippen LogP contribution in [-0.4, -0.2) is 42.4 Å². The molecule has 0 radical (unpaired) electrons. The van der Waals surface area contributed by atoms with Crippen LogP contribution in [0.2, 0.25) is 0 Å². The largest absolute Gasteiger partial charge is 0.376 e. The van der Waals surface area contributed by atoms with Crippen LogP contribution in [0.15, 0.2) is 0 Å². The van der Waals surface area contributed by atoms with E-state index >= 15 is 0 Å². The monoisotopic (exact) mass is 148 g/mol. The van der Waals surface area contributed by atoms with E-state index in [-0.39, 0.29) is 12.5 Å². The van der Waals surface area contributed by atoms with Crippen molar-refractivity contribution < 1.29 is 19.7 Å². The summed E-state index contributed by atoms with van der Waals surface area (Å²) in [4.78, 5) is 0. The van der Waals surface area contributed by atoms with Gasteiger partial charge in [0.25, 0.3) is 0 Å². The highest BCUT2D eigenvalue weighted by molar-refractivity contribution is 4.60. The highest BCUT2D eigenvalue weighted by Gasteiger charge is 2.16. The molecule has 0 aromatic heterocycles. The molecule has 0 aliphatic carbocycles. The summed E-state index contributed by atoms with van der Waals surface area (Å²) in [6.45, 7) is 1.63. The first-order valence-electron chi connectivity index (χ1n) is 3.34. The molecule has 4 heteroatoms. The van der Waals surface area contributed by atoms with Crippen LogP contribution < -0.4 is 0 Å². The molecule has 0 aromatic rings. The highest BCUT2D eigenvalue weighted by Crippen LogP contribution is 2.06. The van der Waals surface area contributed by atoms with Crippen molar-refractivity contribution in [2.45, 2.75) is 18.8 Å². The molecular formula is C6H12O4. The van der Waals surface area contributed by atoms with Crippen molar-refractivity contribution in [2.75, 3.05) is 19.8 Å². The van der Waals surface area contributed by atoms with Gasteiger partial charge in [0.1, 0.15) is 0 Å². The first-order chi connectivity index (χ1) is 4.79. The van der Waals surface area contributed by atoms with E-state index in [1.165, 1.54) is 0 Å². The summed E-state index contributed by atoms with van der Waals surface area (Å²) in [7, 11) is 0. The lowest BCUT2D eigenvalue weighted by Gasteiger charge is -2.23. The second kappa shape index (κ2) is 3.88. The number of aliphatic hydroxyl groups is 2. The predicted molar refractivity (Wildman–Crippen MR) is 33.4 cm³/mol. The van der Waals surface area contributed by atoms with E-state index in [4.69, 9.17) is 19.7 Å². The fraction of sp³-hybridized carbons (Fsp3) is 1.00. The molecule has 1 saturated heterocycles. The zero-order valence-corrected chi connectivity index (χ0v) is 5.69. The Bertz CT molecular complexity index is 87.7. The number of hydrogen-bond donors (Lipinski definition) is 2. The Balaban J connectivity index is 2.13. The molecule has 0 aromatic carbocycles. The molecule has 1 aliphatic heterocycles. The lowest BCUT2D eigenvalue weighted by molar-refractivity contribution is -0.134. The smallest absolute Gasteiger partial charge is 0.154 e. The molecule has 60 valence electrons. The van der Waals surface area contributed by atoms with Gasteiger partial charge in [-0.2, -0.15) is 0 Å². The Kier molecular flexibility index (Phi) is 3.08. The molecule has 0 bridgehead atoms. The fourth-order valence-corrected chi connectivity index (χ4v) is 0.908. The number of ether oxygens (including phenoxy) is 2. The standard InChI is InChI=1S/C6H12O4/c7-6(8)3-5-4-9-1-2-10-5/h5-8H,1-4H2. The quantitative estimate of drug-likeness (QED) is 0.498. The van der Waals surface area contributed by atoms with E-state index < -0.39 is 6.29 Å². The second-order valence-electron chi connectivity index (χ2n) is 2.28. The topological polar surface area (TPSA) is 58.9 Å². The van der Waals surface area contributed by atoms with Crippen LogP contribution >= 0.6 is 0 Å². The third-order valence-corrected chi connectivity index (χ3v) is 1.36. The van der Waals surface area contributed by atoms with Gasteiger partial charge in [0, 0.05) is 6.42 Å². The second-order valence-corrected chi connectivity index (χ2v) is 2.28. The summed E-state index contributed by atoms with van der Waals surface area (Å²) in [5, 5.41) is 17.0. The van der Waals surface area contributed by atoms with E-state index in [0.717, 1.165) is 0 Å². The van der Waals surface area contributed by atoms with Crippen molar-refractivity contribution in [3.05, 3.63) is 0 Å². The third-order valence-electron chi connectivity index (χ3n) is 1.36. The maximum Gasteiger partial charge on any atom is 0.154 e. The number of hydrogen-bond acceptors (Lipinski definition) is 4. The molecule has 1 atom stereocenters. The lowest BCUT2D eigenvalue weighted by atomic mass is 10.2. The molecule has 0 saturated carbocycles. The normalized spacial score (nSPS) is 27.3. The summed E-state index contributed by atoms with van der Waals surface area (Å²) in [5.41, 5.74) is 0. The van der Waals surface area contributed by atoms with Crippen molar-refractivity contribution >= 4 is 0 Å². The van der Waals surface area contributed by atoms with Crippen LogP contribution in [0.25, 0.3) is 0 Å². The van der Waals surface area contributed by atoms with Crippen LogP contribution in [0.4, 0.5) is 0 Å². The Morgan fingerprint density at radius 1 is 1.40 bits per heavy atom. The van der Waals surface area contributed by atoms with E-state index in [1.54, 1.807) is 0 Å². The molecule has 4 nitrogen and oxygen atoms in total. The minimum atomic E-state index is -1.29. The van der Waals surface area contributed by atoms with Gasteiger partial charge in [-0.3, -0.25) is 0 Å². The van der Waals surface area contributed by atoms with Gasteiger partial charge in [0.2, 0.25) is 0 Å². The third kappa shape index (κ3) is 2.62. The molecule has 1 heterocycles. The SMILES string of the molecule is OC(O)CC1COCCO1. The molecule has 1 unspecified atom stereocenters. The van der Waals surface area contributed by atoms with Gasteiger partial charge in [-0.15, -0.1) is 0 Å². The average Bonchev–Trinajstić information content (AvgIpc) is 1.88. The summed E-state index contributed by atoms with van der Waals surface area (Å²) < 4.78 is 10.2. The maximum atomic E-state index is 8.52. The molecule has 2 N–H and O–H groups in total. The van der Waals surface area contributed by atoms with E-state index in [9.17, 15) is 0 Å². The molecule has 0 spiro atoms. The fourth-order valence-electron chi connectivity index (χ4n) is 0.908. The minimum absolute atomic E-state index is 0.145. The Hall–Kier alpha value is -0.160. The zero-order chi connectivity index (χ0) is 7.40. The van der Waals surface area contributed by atoms with E-state index in [1.807, 2.05) is 0 Å². The number of aliphatic hydroxyl groups excluding tert-OH is 1. The first-order valence-corrected chi connectivity index (χ1v) is 3.34. The predicted octanol–water partition coefficient (Wildman–Crippen LogP) is -0.897. The van der Waals surface area contributed by atoms with Crippen LogP contribution in [-0.2, 0) is 9.47 Å². The number of rotatable bonds is 2. The van der Waals surface area contributed by atoms with Crippen LogP contribution in [0.1, 0.15) is 6.42 Å². The molecule has 1 fully saturated rings. The Morgan fingerprint density at radius 2 is 2.20 bits per heavy atom. The first kappa shape index (κ1) is 7.94. The van der Waals surface area contributed by atoms with Crippen LogP contribution in [0, 0.1) is 0 Å². The van der Waals surface area contributed by atoms with Crippen LogP contribution in [0.5, 0.6) is 0 Å².